The molecule has 10 heteroatoms. The molecule has 1 N–H and O–H groups in total. The van der Waals surface area contributed by atoms with Gasteiger partial charge in [-0.25, -0.2) is 9.78 Å². The number of rotatable bonds is 8. The fraction of sp³-hybridized carbons (Fsp3) is 0.464. The van der Waals surface area contributed by atoms with E-state index in [1.54, 1.807) is 55.7 Å². The number of piperazine rings is 1. The summed E-state index contributed by atoms with van der Waals surface area (Å²) in [6, 6.07) is 13.6. The van der Waals surface area contributed by atoms with Crippen molar-refractivity contribution in [2.24, 2.45) is 0 Å². The molecule has 2 aromatic rings. The summed E-state index contributed by atoms with van der Waals surface area (Å²) in [4.78, 5) is 58.6. The molecule has 3 amide bonds. The van der Waals surface area contributed by atoms with Crippen molar-refractivity contribution in [2.45, 2.75) is 52.2 Å². The standard InChI is InChI=1S/C28H36N4O6/c1-5-37-27(36)32-18-16-31(17-19-32)26(35)23(14-15-24(33)38-28(2,3)4)30-25(34)22-13-9-12-21(29-22)20-10-7-6-8-11-20/h6-13,23H,5,14-19H2,1-4H3,(H,30,34). The quantitative estimate of drug-likeness (QED) is 0.527. The number of hydrogen-bond donors (Lipinski definition) is 1. The maximum atomic E-state index is 13.5. The van der Waals surface area contributed by atoms with Crippen LogP contribution in [0.4, 0.5) is 4.79 Å². The SMILES string of the molecule is CCOC(=O)N1CCN(C(=O)C(CCC(=O)OC(C)(C)C)NC(=O)c2cccc(-c3ccccc3)n2)CC1. The molecule has 10 nitrogen and oxygen atoms in total. The Morgan fingerprint density at radius 1 is 0.947 bits per heavy atom. The second kappa shape index (κ2) is 13.0. The highest BCUT2D eigenvalue weighted by Gasteiger charge is 2.31. The fourth-order valence-electron chi connectivity index (χ4n) is 4.02. The normalized spacial score (nSPS) is 14.4. The van der Waals surface area contributed by atoms with Gasteiger partial charge in [-0.05, 0) is 46.2 Å². The molecule has 38 heavy (non-hydrogen) atoms. The van der Waals surface area contributed by atoms with Crippen molar-refractivity contribution in [3.8, 4) is 11.3 Å². The van der Waals surface area contributed by atoms with Gasteiger partial charge in [0.15, 0.2) is 0 Å². The second-order valence-electron chi connectivity index (χ2n) is 9.94. The number of ether oxygens (including phenoxy) is 2. The van der Waals surface area contributed by atoms with Crippen molar-refractivity contribution in [2.75, 3.05) is 32.8 Å². The van der Waals surface area contributed by atoms with Crippen molar-refractivity contribution in [1.82, 2.24) is 20.1 Å². The second-order valence-corrected chi connectivity index (χ2v) is 9.94. The Balaban J connectivity index is 1.72. The Labute approximate surface area is 223 Å². The number of carbonyl (C=O) groups excluding carboxylic acids is 4. The average Bonchev–Trinajstić information content (AvgIpc) is 2.90. The minimum Gasteiger partial charge on any atom is -0.460 e. The number of amides is 3. The molecule has 0 aliphatic carbocycles. The van der Waals surface area contributed by atoms with E-state index in [2.05, 4.69) is 10.3 Å². The molecule has 1 unspecified atom stereocenters. The number of nitrogens with one attached hydrogen (secondary N) is 1. The number of benzene rings is 1. The number of aromatic nitrogens is 1. The van der Waals surface area contributed by atoms with Crippen molar-refractivity contribution < 1.29 is 28.7 Å². The maximum Gasteiger partial charge on any atom is 0.409 e. The van der Waals surface area contributed by atoms with E-state index in [4.69, 9.17) is 9.47 Å². The molecule has 1 aliphatic heterocycles. The molecule has 2 heterocycles. The van der Waals surface area contributed by atoms with E-state index < -0.39 is 29.6 Å². The Morgan fingerprint density at radius 2 is 1.61 bits per heavy atom. The Kier molecular flexibility index (Phi) is 9.81. The number of esters is 1. The first-order chi connectivity index (χ1) is 18.1. The monoisotopic (exact) mass is 524 g/mol. The summed E-state index contributed by atoms with van der Waals surface area (Å²) in [6.45, 7) is 8.53. The van der Waals surface area contributed by atoms with Crippen LogP contribution in [0.2, 0.25) is 0 Å². The van der Waals surface area contributed by atoms with Gasteiger partial charge in [-0.3, -0.25) is 14.4 Å². The van der Waals surface area contributed by atoms with Crippen LogP contribution < -0.4 is 5.32 Å². The molecule has 1 aromatic carbocycles. The summed E-state index contributed by atoms with van der Waals surface area (Å²) in [5.41, 5.74) is 0.989. The zero-order chi connectivity index (χ0) is 27.7. The van der Waals surface area contributed by atoms with Gasteiger partial charge in [0.1, 0.15) is 17.3 Å². The van der Waals surface area contributed by atoms with Crippen LogP contribution in [0.1, 0.15) is 51.0 Å². The predicted octanol–water partition coefficient (Wildman–Crippen LogP) is 3.27. The molecule has 3 rings (SSSR count). The van der Waals surface area contributed by atoms with E-state index >= 15 is 0 Å². The molecule has 1 fully saturated rings. The van der Waals surface area contributed by atoms with E-state index in [1.165, 1.54) is 0 Å². The first kappa shape index (κ1) is 28.6. The van der Waals surface area contributed by atoms with Gasteiger partial charge < -0.3 is 24.6 Å². The average molecular weight is 525 g/mol. The topological polar surface area (TPSA) is 118 Å². The van der Waals surface area contributed by atoms with Gasteiger partial charge in [0.05, 0.1) is 12.3 Å². The minimum absolute atomic E-state index is 0.0474. The van der Waals surface area contributed by atoms with Crippen LogP contribution in [-0.2, 0) is 19.1 Å². The van der Waals surface area contributed by atoms with Gasteiger partial charge in [-0.1, -0.05) is 36.4 Å². The molecule has 1 aromatic heterocycles. The van der Waals surface area contributed by atoms with Gasteiger partial charge in [-0.2, -0.15) is 0 Å². The lowest BCUT2D eigenvalue weighted by atomic mass is 10.1. The highest BCUT2D eigenvalue weighted by molar-refractivity contribution is 5.96. The fourth-order valence-corrected chi connectivity index (χ4v) is 4.02. The molecule has 204 valence electrons. The maximum absolute atomic E-state index is 13.5. The third kappa shape index (κ3) is 8.29. The molecule has 1 aliphatic rings. The Morgan fingerprint density at radius 3 is 2.24 bits per heavy atom. The third-order valence-electron chi connectivity index (χ3n) is 5.83. The smallest absolute Gasteiger partial charge is 0.409 e. The van der Waals surface area contributed by atoms with Crippen LogP contribution in [-0.4, -0.2) is 83.1 Å². The number of pyridine rings is 1. The summed E-state index contributed by atoms with van der Waals surface area (Å²) in [7, 11) is 0. The molecule has 0 bridgehead atoms. The van der Waals surface area contributed by atoms with E-state index in [0.29, 0.717) is 18.8 Å². The van der Waals surface area contributed by atoms with E-state index in [0.717, 1.165) is 5.56 Å². The van der Waals surface area contributed by atoms with Crippen molar-refractivity contribution in [1.29, 1.82) is 0 Å². The van der Waals surface area contributed by atoms with Crippen LogP contribution >= 0.6 is 0 Å². The molecule has 0 radical (unpaired) electrons. The van der Waals surface area contributed by atoms with E-state index in [1.807, 2.05) is 30.3 Å². The molecular weight excluding hydrogens is 488 g/mol. The zero-order valence-electron chi connectivity index (χ0n) is 22.4. The highest BCUT2D eigenvalue weighted by atomic mass is 16.6. The molecular formula is C28H36N4O6. The van der Waals surface area contributed by atoms with Gasteiger partial charge in [-0.15, -0.1) is 0 Å². The van der Waals surface area contributed by atoms with Gasteiger partial charge in [0.25, 0.3) is 5.91 Å². The molecule has 0 spiro atoms. The van der Waals surface area contributed by atoms with Crippen LogP contribution in [0.5, 0.6) is 0 Å². The van der Waals surface area contributed by atoms with Crippen molar-refractivity contribution >= 4 is 23.9 Å². The highest BCUT2D eigenvalue weighted by Crippen LogP contribution is 2.17. The Bertz CT molecular complexity index is 1120. The van der Waals surface area contributed by atoms with Gasteiger partial charge >= 0.3 is 12.1 Å². The first-order valence-electron chi connectivity index (χ1n) is 12.8. The largest absolute Gasteiger partial charge is 0.460 e. The molecule has 0 saturated carbocycles. The first-order valence-corrected chi connectivity index (χ1v) is 12.8. The Hall–Kier alpha value is -3.95. The summed E-state index contributed by atoms with van der Waals surface area (Å²) in [5.74, 6) is -1.30. The van der Waals surface area contributed by atoms with Gasteiger partial charge in [0.2, 0.25) is 5.91 Å². The summed E-state index contributed by atoms with van der Waals surface area (Å²) < 4.78 is 10.4. The van der Waals surface area contributed by atoms with Crippen molar-refractivity contribution in [3.05, 3.63) is 54.2 Å². The zero-order valence-corrected chi connectivity index (χ0v) is 22.4. The molecule has 1 atom stereocenters. The third-order valence-corrected chi connectivity index (χ3v) is 5.83. The summed E-state index contributed by atoms with van der Waals surface area (Å²) in [6.07, 6.45) is -0.400. The van der Waals surface area contributed by atoms with Crippen LogP contribution in [0, 0.1) is 0 Å². The van der Waals surface area contributed by atoms with Crippen LogP contribution in [0.3, 0.4) is 0 Å². The lowest BCUT2D eigenvalue weighted by molar-refractivity contribution is -0.155. The lowest BCUT2D eigenvalue weighted by Gasteiger charge is -2.36. The van der Waals surface area contributed by atoms with E-state index in [9.17, 15) is 19.2 Å². The number of nitrogens with zero attached hydrogens (tertiary/aromatic N) is 3. The summed E-state index contributed by atoms with van der Waals surface area (Å²) in [5, 5.41) is 2.78. The van der Waals surface area contributed by atoms with Gasteiger partial charge in [0, 0.05) is 38.2 Å². The minimum atomic E-state index is -0.966. The summed E-state index contributed by atoms with van der Waals surface area (Å²) >= 11 is 0. The van der Waals surface area contributed by atoms with Crippen LogP contribution in [0.15, 0.2) is 48.5 Å². The van der Waals surface area contributed by atoms with Crippen molar-refractivity contribution in [3.63, 3.8) is 0 Å². The van der Waals surface area contributed by atoms with E-state index in [-0.39, 0.29) is 44.1 Å². The molecule has 1 saturated heterocycles. The van der Waals surface area contributed by atoms with Crippen LogP contribution in [0.25, 0.3) is 11.3 Å². The number of carbonyl (C=O) groups is 4. The number of hydrogen-bond acceptors (Lipinski definition) is 7. The predicted molar refractivity (Wildman–Crippen MR) is 141 cm³/mol. The lowest BCUT2D eigenvalue weighted by Crippen LogP contribution is -2.56.